The molecule has 0 atom stereocenters. The summed E-state index contributed by atoms with van der Waals surface area (Å²) in [5.41, 5.74) is 0. The lowest BCUT2D eigenvalue weighted by molar-refractivity contribution is -0.137. The van der Waals surface area contributed by atoms with E-state index in [0.717, 1.165) is 4.31 Å². The van der Waals surface area contributed by atoms with Crippen molar-refractivity contribution in [3.05, 3.63) is 29.3 Å². The number of halogens is 1. The molecule has 0 spiro atoms. The summed E-state index contributed by atoms with van der Waals surface area (Å²) in [5, 5.41) is 8.84. The fourth-order valence-corrected chi connectivity index (χ4v) is 3.45. The summed E-state index contributed by atoms with van der Waals surface area (Å²) in [6.07, 6.45) is 0.525. The molecule has 7 heteroatoms. The van der Waals surface area contributed by atoms with Gasteiger partial charge in [0.2, 0.25) is 10.0 Å². The number of carbonyl (C=O) groups is 1. The second kappa shape index (κ2) is 6.17. The van der Waals surface area contributed by atoms with Gasteiger partial charge in [0, 0.05) is 6.54 Å². The lowest BCUT2D eigenvalue weighted by Gasteiger charge is -2.20. The molecule has 0 fully saturated rings. The third-order valence-electron chi connectivity index (χ3n) is 2.24. The maximum atomic E-state index is 12.3. The average molecular weight is 292 g/mol. The van der Waals surface area contributed by atoms with Crippen molar-refractivity contribution in [3.8, 4) is 0 Å². The maximum Gasteiger partial charge on any atom is 0.318 e. The zero-order chi connectivity index (χ0) is 13.8. The second-order valence-corrected chi connectivity index (χ2v) is 5.98. The molecule has 0 aliphatic heterocycles. The molecule has 0 saturated heterocycles. The van der Waals surface area contributed by atoms with E-state index >= 15 is 0 Å². The van der Waals surface area contributed by atoms with E-state index in [1.54, 1.807) is 19.1 Å². The van der Waals surface area contributed by atoms with Crippen LogP contribution < -0.4 is 0 Å². The van der Waals surface area contributed by atoms with Crippen molar-refractivity contribution in [2.24, 2.45) is 0 Å². The Morgan fingerprint density at radius 2 is 2.00 bits per heavy atom. The van der Waals surface area contributed by atoms with Crippen molar-refractivity contribution < 1.29 is 18.3 Å². The molecule has 1 N–H and O–H groups in total. The van der Waals surface area contributed by atoms with Crippen LogP contribution in [0, 0.1) is 0 Å². The molecule has 0 unspecified atom stereocenters. The lowest BCUT2D eigenvalue weighted by atomic mass is 10.4. The van der Waals surface area contributed by atoms with Gasteiger partial charge in [0.05, 0.1) is 5.02 Å². The van der Waals surface area contributed by atoms with E-state index in [-0.39, 0.29) is 16.5 Å². The van der Waals surface area contributed by atoms with Crippen molar-refractivity contribution in [1.82, 2.24) is 4.31 Å². The van der Waals surface area contributed by atoms with Gasteiger partial charge in [-0.25, -0.2) is 8.42 Å². The SMILES string of the molecule is CCCN(CC(=O)O)S(=O)(=O)c1ccccc1Cl. The van der Waals surface area contributed by atoms with Crippen LogP contribution in [0.1, 0.15) is 13.3 Å². The molecule has 1 aromatic carbocycles. The first kappa shape index (κ1) is 14.9. The summed E-state index contributed by atoms with van der Waals surface area (Å²) in [7, 11) is -3.87. The molecule has 0 heterocycles. The summed E-state index contributed by atoms with van der Waals surface area (Å²) in [5.74, 6) is -1.20. The topological polar surface area (TPSA) is 74.7 Å². The Balaban J connectivity index is 3.17. The number of carboxylic acid groups (broad SMARTS) is 1. The highest BCUT2D eigenvalue weighted by Crippen LogP contribution is 2.24. The van der Waals surface area contributed by atoms with Gasteiger partial charge in [-0.1, -0.05) is 30.7 Å². The summed E-state index contributed by atoms with van der Waals surface area (Å²) in [6, 6.07) is 5.98. The molecular formula is C11H14ClNO4S. The molecule has 0 bridgehead atoms. The van der Waals surface area contributed by atoms with Crippen LogP contribution in [-0.4, -0.2) is 36.9 Å². The normalized spacial score (nSPS) is 11.7. The average Bonchev–Trinajstić information content (AvgIpc) is 2.28. The predicted octanol–water partition coefficient (Wildman–Crippen LogP) is 1.83. The van der Waals surface area contributed by atoms with Crippen LogP contribution in [0.5, 0.6) is 0 Å². The molecule has 0 amide bonds. The molecule has 0 aromatic heterocycles. The van der Waals surface area contributed by atoms with E-state index < -0.39 is 22.5 Å². The van der Waals surface area contributed by atoms with Crippen molar-refractivity contribution in [2.75, 3.05) is 13.1 Å². The molecule has 0 aliphatic carbocycles. The first-order valence-electron chi connectivity index (χ1n) is 5.36. The Labute approximate surface area is 111 Å². The highest BCUT2D eigenvalue weighted by Gasteiger charge is 2.27. The Bertz CT molecular complexity index is 530. The van der Waals surface area contributed by atoms with Crippen LogP contribution in [-0.2, 0) is 14.8 Å². The van der Waals surface area contributed by atoms with E-state index in [1.165, 1.54) is 12.1 Å². The highest BCUT2D eigenvalue weighted by atomic mass is 35.5. The zero-order valence-corrected chi connectivity index (χ0v) is 11.4. The lowest BCUT2D eigenvalue weighted by Crippen LogP contribution is -2.36. The number of rotatable bonds is 6. The molecule has 1 aromatic rings. The van der Waals surface area contributed by atoms with E-state index in [4.69, 9.17) is 16.7 Å². The summed E-state index contributed by atoms with van der Waals surface area (Å²) < 4.78 is 25.4. The summed E-state index contributed by atoms with van der Waals surface area (Å²) >= 11 is 5.84. The van der Waals surface area contributed by atoms with Crippen molar-refractivity contribution in [3.63, 3.8) is 0 Å². The van der Waals surface area contributed by atoms with Crippen LogP contribution in [0.25, 0.3) is 0 Å². The zero-order valence-electron chi connectivity index (χ0n) is 9.84. The number of hydrogen-bond acceptors (Lipinski definition) is 3. The van der Waals surface area contributed by atoms with Crippen molar-refractivity contribution in [2.45, 2.75) is 18.2 Å². The third-order valence-corrected chi connectivity index (χ3v) is 4.58. The Hall–Kier alpha value is -1.11. The van der Waals surface area contributed by atoms with Crippen LogP contribution in [0.4, 0.5) is 0 Å². The molecule has 0 radical (unpaired) electrons. The number of sulfonamides is 1. The first-order chi connectivity index (χ1) is 8.39. The quantitative estimate of drug-likeness (QED) is 0.867. The van der Waals surface area contributed by atoms with Gasteiger partial charge in [-0.15, -0.1) is 0 Å². The standard InChI is InChI=1S/C11H14ClNO4S/c1-2-7-13(8-11(14)15)18(16,17)10-6-4-3-5-9(10)12/h3-6H,2,7-8H2,1H3,(H,14,15). The minimum atomic E-state index is -3.87. The van der Waals surface area contributed by atoms with Gasteiger partial charge in [-0.05, 0) is 18.6 Å². The van der Waals surface area contributed by atoms with Crippen LogP contribution in [0.3, 0.4) is 0 Å². The van der Waals surface area contributed by atoms with E-state index in [0.29, 0.717) is 6.42 Å². The molecule has 100 valence electrons. The first-order valence-corrected chi connectivity index (χ1v) is 7.18. The van der Waals surface area contributed by atoms with Crippen LogP contribution in [0.15, 0.2) is 29.2 Å². The summed E-state index contributed by atoms with van der Waals surface area (Å²) in [6.45, 7) is 1.35. The Morgan fingerprint density at radius 3 is 2.50 bits per heavy atom. The third kappa shape index (κ3) is 3.44. The van der Waals surface area contributed by atoms with E-state index in [1.807, 2.05) is 0 Å². The number of nitrogens with zero attached hydrogens (tertiary/aromatic N) is 1. The largest absolute Gasteiger partial charge is 0.480 e. The second-order valence-electron chi connectivity index (χ2n) is 3.66. The van der Waals surface area contributed by atoms with Gasteiger partial charge in [-0.2, -0.15) is 4.31 Å². The summed E-state index contributed by atoms with van der Waals surface area (Å²) in [4.78, 5) is 10.6. The van der Waals surface area contributed by atoms with Crippen molar-refractivity contribution >= 4 is 27.6 Å². The number of benzene rings is 1. The maximum absolute atomic E-state index is 12.3. The predicted molar refractivity (Wildman–Crippen MR) is 68.1 cm³/mol. The molecular weight excluding hydrogens is 278 g/mol. The minimum absolute atomic E-state index is 0.0682. The fourth-order valence-electron chi connectivity index (χ4n) is 1.48. The van der Waals surface area contributed by atoms with E-state index in [2.05, 4.69) is 0 Å². The Kier molecular flexibility index (Phi) is 5.13. The fraction of sp³-hybridized carbons (Fsp3) is 0.364. The minimum Gasteiger partial charge on any atom is -0.480 e. The molecule has 1 rings (SSSR count). The molecule has 0 saturated carbocycles. The smallest absolute Gasteiger partial charge is 0.318 e. The monoisotopic (exact) mass is 291 g/mol. The van der Waals surface area contributed by atoms with Crippen LogP contribution in [0.2, 0.25) is 5.02 Å². The van der Waals surface area contributed by atoms with E-state index in [9.17, 15) is 13.2 Å². The number of hydrogen-bond donors (Lipinski definition) is 1. The number of aliphatic carboxylic acids is 1. The van der Waals surface area contributed by atoms with Gasteiger partial charge in [-0.3, -0.25) is 4.79 Å². The van der Waals surface area contributed by atoms with Gasteiger partial charge in [0.1, 0.15) is 11.4 Å². The van der Waals surface area contributed by atoms with Gasteiger partial charge >= 0.3 is 5.97 Å². The van der Waals surface area contributed by atoms with Crippen LogP contribution >= 0.6 is 11.6 Å². The molecule has 0 aliphatic rings. The van der Waals surface area contributed by atoms with Gasteiger partial charge in [0.15, 0.2) is 0 Å². The Morgan fingerprint density at radius 1 is 1.39 bits per heavy atom. The highest BCUT2D eigenvalue weighted by molar-refractivity contribution is 7.89. The van der Waals surface area contributed by atoms with Gasteiger partial charge < -0.3 is 5.11 Å². The van der Waals surface area contributed by atoms with Crippen molar-refractivity contribution in [1.29, 1.82) is 0 Å². The van der Waals surface area contributed by atoms with Gasteiger partial charge in [0.25, 0.3) is 0 Å². The molecule has 5 nitrogen and oxygen atoms in total. The molecule has 18 heavy (non-hydrogen) atoms. The number of carboxylic acids is 1.